The number of hydrogen-bond donors (Lipinski definition) is 3. The first kappa shape index (κ1) is 80.0. The highest BCUT2D eigenvalue weighted by atomic mass is 31.2. The van der Waals surface area contributed by atoms with Gasteiger partial charge in [0.1, 0.15) is 13.2 Å². The number of phosphoric acid groups is 1. The number of unbranched alkanes of at least 4 members (excludes halogenated alkanes) is 51. The van der Waals surface area contributed by atoms with Crippen molar-refractivity contribution in [1.29, 1.82) is 0 Å². The smallest absolute Gasteiger partial charge is 0.391 e. The van der Waals surface area contributed by atoms with Crippen molar-refractivity contribution in [2.24, 2.45) is 0 Å². The summed E-state index contributed by atoms with van der Waals surface area (Å²) in [6.45, 7) is 4.94. The zero-order valence-corrected chi connectivity index (χ0v) is 56.2. The average molecular weight is 1160 g/mol. The maximum absolute atomic E-state index is 13.1. The van der Waals surface area contributed by atoms with Crippen molar-refractivity contribution in [1.82, 2.24) is 5.32 Å². The van der Waals surface area contributed by atoms with Crippen molar-refractivity contribution in [2.75, 3.05) is 40.9 Å². The van der Waals surface area contributed by atoms with Gasteiger partial charge in [0.05, 0.1) is 39.9 Å². The molecule has 0 aliphatic carbocycles. The SMILES string of the molecule is CCCCCCC/C=C\C/C=C\CCCCCCCCCCCCCCCCCCCCCCCCCCCCCCCC(=O)NC(COP(=O)(O)OCC[N+](C)(C)C)C(O)CCCCCCCCCCCCCCCCCCCC. The van der Waals surface area contributed by atoms with Gasteiger partial charge in [-0.3, -0.25) is 13.8 Å². The van der Waals surface area contributed by atoms with E-state index in [1.54, 1.807) is 0 Å². The molecule has 9 heteroatoms. The number of rotatable bonds is 68. The highest BCUT2D eigenvalue weighted by Crippen LogP contribution is 2.43. The van der Waals surface area contributed by atoms with Crippen LogP contribution in [0.2, 0.25) is 0 Å². The second-order valence-corrected chi connectivity index (χ2v) is 27.8. The quantitative estimate of drug-likeness (QED) is 0.0243. The van der Waals surface area contributed by atoms with Crippen LogP contribution < -0.4 is 5.32 Å². The summed E-state index contributed by atoms with van der Waals surface area (Å²) in [7, 11) is 1.64. The van der Waals surface area contributed by atoms with E-state index in [1.807, 2.05) is 21.1 Å². The van der Waals surface area contributed by atoms with E-state index in [2.05, 4.69) is 43.5 Å². The predicted octanol–water partition coefficient (Wildman–Crippen LogP) is 23.1. The van der Waals surface area contributed by atoms with Crippen LogP contribution in [-0.4, -0.2) is 73.4 Å². The molecule has 0 aromatic heterocycles. The first-order chi connectivity index (χ1) is 39.5. The first-order valence-electron chi connectivity index (χ1n) is 36.2. The standard InChI is InChI=1S/C72H143N2O6P/c1-6-8-10-12-14-16-18-20-22-24-26-27-28-29-30-31-32-33-34-35-36-37-38-39-40-41-42-43-44-45-46-47-48-50-52-54-56-58-60-62-64-66-72(76)73-70(69-80-81(77,78)79-68-67-74(3,4)5)71(75)65-63-61-59-57-55-53-51-49-25-23-21-19-17-15-13-11-9-7-2/h18,20,24,26,70-71,75H,6-17,19,21-23,25,27-69H2,1-5H3,(H-,73,76,77,78)/p+1/b20-18-,26-24-. The first-order valence-corrected chi connectivity index (χ1v) is 37.7. The lowest BCUT2D eigenvalue weighted by Crippen LogP contribution is -2.46. The van der Waals surface area contributed by atoms with Crippen LogP contribution in [0.3, 0.4) is 0 Å². The molecule has 0 radical (unpaired) electrons. The fraction of sp³-hybridized carbons (Fsp3) is 0.931. The van der Waals surface area contributed by atoms with E-state index in [0.29, 0.717) is 23.9 Å². The number of phosphoric ester groups is 1. The molecule has 8 nitrogen and oxygen atoms in total. The summed E-state index contributed by atoms with van der Waals surface area (Å²) in [6.07, 6.45) is 83.0. The molecule has 0 aromatic rings. The summed E-state index contributed by atoms with van der Waals surface area (Å²) >= 11 is 0. The number of aliphatic hydroxyl groups is 1. The normalized spacial score (nSPS) is 13.7. The Morgan fingerprint density at radius 3 is 1.01 bits per heavy atom. The molecule has 0 aromatic carbocycles. The molecule has 0 spiro atoms. The van der Waals surface area contributed by atoms with Crippen LogP contribution in [0.25, 0.3) is 0 Å². The molecule has 0 aliphatic heterocycles. The predicted molar refractivity (Wildman–Crippen MR) is 355 cm³/mol. The molecule has 0 saturated carbocycles. The molecule has 0 saturated heterocycles. The number of nitrogens with zero attached hydrogens (tertiary/aromatic N) is 1. The second-order valence-electron chi connectivity index (χ2n) is 26.3. The van der Waals surface area contributed by atoms with Crippen molar-refractivity contribution in [3.63, 3.8) is 0 Å². The summed E-state index contributed by atoms with van der Waals surface area (Å²) in [5, 5.41) is 14.1. The van der Waals surface area contributed by atoms with Gasteiger partial charge in [0.25, 0.3) is 0 Å². The topological polar surface area (TPSA) is 105 Å². The average Bonchev–Trinajstić information content (AvgIpc) is 3.43. The monoisotopic (exact) mass is 1160 g/mol. The molecule has 482 valence electrons. The Morgan fingerprint density at radius 1 is 0.420 bits per heavy atom. The molecule has 0 heterocycles. The largest absolute Gasteiger partial charge is 0.472 e. The van der Waals surface area contributed by atoms with Crippen molar-refractivity contribution < 1.29 is 32.9 Å². The maximum Gasteiger partial charge on any atom is 0.472 e. The van der Waals surface area contributed by atoms with E-state index in [9.17, 15) is 19.4 Å². The van der Waals surface area contributed by atoms with Crippen LogP contribution in [0.15, 0.2) is 24.3 Å². The second kappa shape index (κ2) is 63.5. The number of aliphatic hydroxyl groups excluding tert-OH is 1. The van der Waals surface area contributed by atoms with Gasteiger partial charge >= 0.3 is 7.82 Å². The summed E-state index contributed by atoms with van der Waals surface area (Å²) in [5.74, 6) is -0.135. The molecular formula is C72H144N2O6P+. The fourth-order valence-electron chi connectivity index (χ4n) is 11.3. The van der Waals surface area contributed by atoms with Crippen LogP contribution in [-0.2, 0) is 18.4 Å². The van der Waals surface area contributed by atoms with Gasteiger partial charge in [-0.2, -0.15) is 0 Å². The van der Waals surface area contributed by atoms with Gasteiger partial charge < -0.3 is 19.8 Å². The lowest BCUT2D eigenvalue weighted by atomic mass is 10.0. The fourth-order valence-corrected chi connectivity index (χ4v) is 12.1. The molecule has 0 aliphatic rings. The van der Waals surface area contributed by atoms with Gasteiger partial charge in [-0.1, -0.05) is 353 Å². The Bertz CT molecular complexity index is 1370. The van der Waals surface area contributed by atoms with Gasteiger partial charge in [0, 0.05) is 6.42 Å². The van der Waals surface area contributed by atoms with Gasteiger partial charge in [-0.25, -0.2) is 4.57 Å². The maximum atomic E-state index is 13.1. The number of carbonyl (C=O) groups is 1. The Hall–Kier alpha value is -1.02. The van der Waals surface area contributed by atoms with E-state index >= 15 is 0 Å². The van der Waals surface area contributed by atoms with Crippen molar-refractivity contribution in [3.8, 4) is 0 Å². The number of amides is 1. The minimum absolute atomic E-state index is 0.0782. The third-order valence-corrected chi connectivity index (χ3v) is 17.9. The van der Waals surface area contributed by atoms with E-state index in [4.69, 9.17) is 9.05 Å². The number of quaternary nitrogens is 1. The molecule has 81 heavy (non-hydrogen) atoms. The molecule has 1 amide bonds. The summed E-state index contributed by atoms with van der Waals surface area (Å²) in [5.41, 5.74) is 0. The molecule has 3 unspecified atom stereocenters. The van der Waals surface area contributed by atoms with Gasteiger partial charge in [0.15, 0.2) is 0 Å². The van der Waals surface area contributed by atoms with Gasteiger partial charge in [0.2, 0.25) is 5.91 Å². The number of nitrogens with one attached hydrogen (secondary N) is 1. The van der Waals surface area contributed by atoms with E-state index in [1.165, 1.54) is 308 Å². The number of allylic oxidation sites excluding steroid dienone is 4. The summed E-state index contributed by atoms with van der Waals surface area (Å²) in [4.78, 5) is 23.4. The Labute approximate surface area is 506 Å². The molecule has 3 N–H and O–H groups in total. The molecule has 3 atom stereocenters. The number of carbonyl (C=O) groups excluding carboxylic acids is 1. The van der Waals surface area contributed by atoms with Crippen LogP contribution in [0.4, 0.5) is 0 Å². The van der Waals surface area contributed by atoms with E-state index in [-0.39, 0.29) is 19.1 Å². The van der Waals surface area contributed by atoms with Crippen LogP contribution in [0.5, 0.6) is 0 Å². The van der Waals surface area contributed by atoms with Crippen LogP contribution in [0, 0.1) is 0 Å². The molecule has 0 bridgehead atoms. The molecule has 0 rings (SSSR count). The third-order valence-electron chi connectivity index (χ3n) is 17.0. The highest BCUT2D eigenvalue weighted by molar-refractivity contribution is 7.47. The minimum Gasteiger partial charge on any atom is -0.391 e. The summed E-state index contributed by atoms with van der Waals surface area (Å²) in [6, 6.07) is -0.758. The van der Waals surface area contributed by atoms with Crippen molar-refractivity contribution in [2.45, 2.75) is 392 Å². The Kier molecular flexibility index (Phi) is 62.7. The van der Waals surface area contributed by atoms with E-state index in [0.717, 1.165) is 44.9 Å². The van der Waals surface area contributed by atoms with Gasteiger partial charge in [-0.05, 0) is 44.9 Å². The lowest BCUT2D eigenvalue weighted by Gasteiger charge is -2.26. The van der Waals surface area contributed by atoms with Crippen LogP contribution in [0.1, 0.15) is 380 Å². The lowest BCUT2D eigenvalue weighted by molar-refractivity contribution is -0.870. The van der Waals surface area contributed by atoms with Crippen molar-refractivity contribution >= 4 is 13.7 Å². The summed E-state index contributed by atoms with van der Waals surface area (Å²) < 4.78 is 23.9. The zero-order chi connectivity index (χ0) is 59.1. The number of likely N-dealkylation sites (N-methyl/N-ethyl adjacent to an activating group) is 1. The van der Waals surface area contributed by atoms with Crippen molar-refractivity contribution in [3.05, 3.63) is 24.3 Å². The van der Waals surface area contributed by atoms with E-state index < -0.39 is 20.0 Å². The molecule has 0 fully saturated rings. The van der Waals surface area contributed by atoms with Crippen LogP contribution >= 0.6 is 7.82 Å². The Balaban J connectivity index is 3.84. The Morgan fingerprint density at radius 2 is 0.704 bits per heavy atom. The zero-order valence-electron chi connectivity index (χ0n) is 55.3. The third kappa shape index (κ3) is 66.4. The van der Waals surface area contributed by atoms with Gasteiger partial charge in [-0.15, -0.1) is 0 Å². The highest BCUT2D eigenvalue weighted by Gasteiger charge is 2.28. The number of hydrogen-bond acceptors (Lipinski definition) is 5. The molecular weight excluding hydrogens is 1020 g/mol. The minimum atomic E-state index is -4.32.